The lowest BCUT2D eigenvalue weighted by Crippen LogP contribution is -2.36. The van der Waals surface area contributed by atoms with Crippen LogP contribution in [-0.4, -0.2) is 43.9 Å². The van der Waals surface area contributed by atoms with E-state index in [0.29, 0.717) is 12.8 Å². The SMILES string of the molecule is Cc1cccc(CCC(=O)NCC(O)c2ccc(N3CCOCC3)cc2)c1. The van der Waals surface area contributed by atoms with Gasteiger partial charge in [-0.05, 0) is 36.6 Å². The first-order chi connectivity index (χ1) is 13.1. The second-order valence-electron chi connectivity index (χ2n) is 7.00. The van der Waals surface area contributed by atoms with E-state index in [-0.39, 0.29) is 12.5 Å². The second-order valence-corrected chi connectivity index (χ2v) is 7.00. The van der Waals surface area contributed by atoms with E-state index in [9.17, 15) is 9.90 Å². The Morgan fingerprint density at radius 1 is 1.19 bits per heavy atom. The Labute approximate surface area is 161 Å². The van der Waals surface area contributed by atoms with Crippen molar-refractivity contribution in [2.75, 3.05) is 37.7 Å². The number of ether oxygens (including phenoxy) is 1. The molecule has 0 saturated carbocycles. The quantitative estimate of drug-likeness (QED) is 0.789. The van der Waals surface area contributed by atoms with Crippen LogP contribution >= 0.6 is 0 Å². The summed E-state index contributed by atoms with van der Waals surface area (Å²) in [6.45, 7) is 5.55. The fourth-order valence-electron chi connectivity index (χ4n) is 3.27. The number of aliphatic hydroxyl groups is 1. The number of anilines is 1. The molecule has 0 bridgehead atoms. The normalized spacial score (nSPS) is 15.4. The van der Waals surface area contributed by atoms with Crippen molar-refractivity contribution in [3.63, 3.8) is 0 Å². The highest BCUT2D eigenvalue weighted by molar-refractivity contribution is 5.76. The molecule has 5 heteroatoms. The predicted molar refractivity (Wildman–Crippen MR) is 107 cm³/mol. The van der Waals surface area contributed by atoms with E-state index in [1.165, 1.54) is 5.56 Å². The Morgan fingerprint density at radius 3 is 2.63 bits per heavy atom. The topological polar surface area (TPSA) is 61.8 Å². The molecule has 1 aliphatic heterocycles. The lowest BCUT2D eigenvalue weighted by atomic mass is 10.1. The maximum atomic E-state index is 12.1. The van der Waals surface area contributed by atoms with Crippen molar-refractivity contribution in [1.29, 1.82) is 0 Å². The van der Waals surface area contributed by atoms with Crippen LogP contribution in [0.3, 0.4) is 0 Å². The van der Waals surface area contributed by atoms with Crippen molar-refractivity contribution < 1.29 is 14.6 Å². The zero-order valence-corrected chi connectivity index (χ0v) is 15.9. The third-order valence-electron chi connectivity index (χ3n) is 4.87. The third-order valence-corrected chi connectivity index (χ3v) is 4.87. The van der Waals surface area contributed by atoms with E-state index in [2.05, 4.69) is 16.3 Å². The number of nitrogens with zero attached hydrogens (tertiary/aromatic N) is 1. The molecule has 5 nitrogen and oxygen atoms in total. The van der Waals surface area contributed by atoms with Gasteiger partial charge >= 0.3 is 0 Å². The average molecular weight is 368 g/mol. The van der Waals surface area contributed by atoms with Gasteiger partial charge in [-0.2, -0.15) is 0 Å². The van der Waals surface area contributed by atoms with Crippen LogP contribution in [0, 0.1) is 6.92 Å². The van der Waals surface area contributed by atoms with Gasteiger partial charge in [-0.15, -0.1) is 0 Å². The van der Waals surface area contributed by atoms with Crippen molar-refractivity contribution in [1.82, 2.24) is 5.32 Å². The molecule has 0 spiro atoms. The summed E-state index contributed by atoms with van der Waals surface area (Å²) in [5.74, 6) is -0.0412. The Bertz CT molecular complexity index is 739. The van der Waals surface area contributed by atoms with Crippen molar-refractivity contribution in [3.05, 3.63) is 65.2 Å². The van der Waals surface area contributed by atoms with Crippen molar-refractivity contribution >= 4 is 11.6 Å². The van der Waals surface area contributed by atoms with Gasteiger partial charge in [-0.1, -0.05) is 42.0 Å². The van der Waals surface area contributed by atoms with Gasteiger partial charge in [0.05, 0.1) is 19.3 Å². The minimum atomic E-state index is -0.702. The number of aliphatic hydroxyl groups excluding tert-OH is 1. The fraction of sp³-hybridized carbons (Fsp3) is 0.409. The van der Waals surface area contributed by atoms with Gasteiger partial charge in [-0.25, -0.2) is 0 Å². The molecule has 0 aliphatic carbocycles. The average Bonchev–Trinajstić information content (AvgIpc) is 2.71. The van der Waals surface area contributed by atoms with E-state index in [4.69, 9.17) is 4.74 Å². The van der Waals surface area contributed by atoms with Gasteiger partial charge < -0.3 is 20.1 Å². The molecule has 1 amide bonds. The highest BCUT2D eigenvalue weighted by Crippen LogP contribution is 2.20. The van der Waals surface area contributed by atoms with Crippen LogP contribution in [0.1, 0.15) is 29.2 Å². The van der Waals surface area contributed by atoms with Crippen molar-refractivity contribution in [3.8, 4) is 0 Å². The number of rotatable bonds is 7. The van der Waals surface area contributed by atoms with Gasteiger partial charge in [-0.3, -0.25) is 4.79 Å². The molecule has 1 atom stereocenters. The van der Waals surface area contributed by atoms with Crippen LogP contribution in [0.4, 0.5) is 5.69 Å². The lowest BCUT2D eigenvalue weighted by molar-refractivity contribution is -0.121. The Morgan fingerprint density at radius 2 is 1.93 bits per heavy atom. The zero-order chi connectivity index (χ0) is 19.1. The number of hydrogen-bond acceptors (Lipinski definition) is 4. The lowest BCUT2D eigenvalue weighted by Gasteiger charge is -2.29. The van der Waals surface area contributed by atoms with Crippen molar-refractivity contribution in [2.45, 2.75) is 25.9 Å². The summed E-state index contributed by atoms with van der Waals surface area (Å²) in [5.41, 5.74) is 4.30. The zero-order valence-electron chi connectivity index (χ0n) is 15.9. The van der Waals surface area contributed by atoms with Crippen LogP contribution in [0.25, 0.3) is 0 Å². The van der Waals surface area contributed by atoms with Gasteiger partial charge in [0.2, 0.25) is 5.91 Å². The number of nitrogens with one attached hydrogen (secondary N) is 1. The highest BCUT2D eigenvalue weighted by Gasteiger charge is 2.13. The van der Waals surface area contributed by atoms with Gasteiger partial charge in [0.1, 0.15) is 0 Å². The first-order valence-electron chi connectivity index (χ1n) is 9.55. The third kappa shape index (κ3) is 5.81. The van der Waals surface area contributed by atoms with Gasteiger partial charge in [0.15, 0.2) is 0 Å². The molecule has 2 N–H and O–H groups in total. The van der Waals surface area contributed by atoms with Crippen LogP contribution in [0.5, 0.6) is 0 Å². The summed E-state index contributed by atoms with van der Waals surface area (Å²) in [6.07, 6.45) is 0.427. The number of benzene rings is 2. The molecule has 3 rings (SSSR count). The van der Waals surface area contributed by atoms with Crippen LogP contribution < -0.4 is 10.2 Å². The monoisotopic (exact) mass is 368 g/mol. The summed E-state index contributed by atoms with van der Waals surface area (Å²) in [4.78, 5) is 14.3. The summed E-state index contributed by atoms with van der Waals surface area (Å²) in [7, 11) is 0. The van der Waals surface area contributed by atoms with Crippen LogP contribution in [-0.2, 0) is 16.0 Å². The molecule has 2 aromatic carbocycles. The number of carbonyl (C=O) groups excluding carboxylic acids is 1. The first-order valence-corrected chi connectivity index (χ1v) is 9.55. The van der Waals surface area contributed by atoms with E-state index >= 15 is 0 Å². The molecule has 1 saturated heterocycles. The molecule has 1 aliphatic rings. The smallest absolute Gasteiger partial charge is 0.220 e. The number of morpholine rings is 1. The van der Waals surface area contributed by atoms with Gasteiger partial charge in [0, 0.05) is 31.7 Å². The Balaban J connectivity index is 1.44. The summed E-state index contributed by atoms with van der Waals surface area (Å²) >= 11 is 0. The molecular formula is C22H28N2O3. The number of carbonyl (C=O) groups is 1. The van der Waals surface area contributed by atoms with E-state index in [1.54, 1.807) is 0 Å². The maximum Gasteiger partial charge on any atom is 0.220 e. The molecule has 0 radical (unpaired) electrons. The molecule has 1 unspecified atom stereocenters. The largest absolute Gasteiger partial charge is 0.387 e. The second kappa shape index (κ2) is 9.53. The van der Waals surface area contributed by atoms with Crippen LogP contribution in [0.15, 0.2) is 48.5 Å². The summed E-state index contributed by atoms with van der Waals surface area (Å²) in [5, 5.41) is 13.2. The number of aryl methyl sites for hydroxylation is 2. The predicted octanol–water partition coefficient (Wildman–Crippen LogP) is 2.61. The van der Waals surface area contributed by atoms with E-state index in [0.717, 1.165) is 43.1 Å². The molecular weight excluding hydrogens is 340 g/mol. The minimum Gasteiger partial charge on any atom is -0.387 e. The molecule has 1 fully saturated rings. The molecule has 144 valence electrons. The van der Waals surface area contributed by atoms with Crippen LogP contribution in [0.2, 0.25) is 0 Å². The Hall–Kier alpha value is -2.37. The standard InChI is InChI=1S/C22H28N2O3/c1-17-3-2-4-18(15-17)5-10-22(26)23-16-21(25)19-6-8-20(9-7-19)24-11-13-27-14-12-24/h2-4,6-9,15,21,25H,5,10-14,16H2,1H3,(H,23,26). The molecule has 0 aromatic heterocycles. The minimum absolute atomic E-state index is 0.0412. The van der Waals surface area contributed by atoms with Crippen molar-refractivity contribution in [2.24, 2.45) is 0 Å². The number of hydrogen-bond donors (Lipinski definition) is 2. The molecule has 2 aromatic rings. The summed E-state index contributed by atoms with van der Waals surface area (Å²) < 4.78 is 5.37. The Kier molecular flexibility index (Phi) is 6.85. The first kappa shape index (κ1) is 19.4. The molecule has 1 heterocycles. The maximum absolute atomic E-state index is 12.1. The fourth-order valence-corrected chi connectivity index (χ4v) is 3.27. The highest BCUT2D eigenvalue weighted by atomic mass is 16.5. The van der Waals surface area contributed by atoms with Gasteiger partial charge in [0.25, 0.3) is 0 Å². The summed E-state index contributed by atoms with van der Waals surface area (Å²) in [6, 6.07) is 16.1. The molecule has 27 heavy (non-hydrogen) atoms. The van der Waals surface area contributed by atoms with E-state index < -0.39 is 6.10 Å². The number of amides is 1. The van der Waals surface area contributed by atoms with E-state index in [1.807, 2.05) is 49.4 Å².